The number of benzene rings is 4. The van der Waals surface area contributed by atoms with E-state index in [1.54, 1.807) is 72.8 Å². The van der Waals surface area contributed by atoms with Crippen molar-refractivity contribution in [3.63, 3.8) is 0 Å². The van der Waals surface area contributed by atoms with Crippen LogP contribution in [0, 0.1) is 0 Å². The fourth-order valence-electron chi connectivity index (χ4n) is 3.76. The Morgan fingerprint density at radius 3 is 2.19 bits per heavy atom. The summed E-state index contributed by atoms with van der Waals surface area (Å²) in [5.41, 5.74) is 5.27. The Hall–Kier alpha value is -4.06. The van der Waals surface area contributed by atoms with Crippen molar-refractivity contribution in [3.8, 4) is 5.75 Å². The number of hydrazone groups is 1. The number of ether oxygens (including phenoxy) is 1. The van der Waals surface area contributed by atoms with Crippen molar-refractivity contribution in [2.45, 2.75) is 0 Å². The van der Waals surface area contributed by atoms with Gasteiger partial charge in [0.1, 0.15) is 5.70 Å². The molecule has 8 nitrogen and oxygen atoms in total. The molecule has 0 bridgehead atoms. The molecule has 0 aliphatic rings. The fourth-order valence-corrected chi connectivity index (χ4v) is 5.54. The number of halogens is 3. The molecule has 218 valence electrons. The second kappa shape index (κ2) is 14.9. The Morgan fingerprint density at radius 2 is 1.51 bits per heavy atom. The molecule has 0 aliphatic carbocycles. The van der Waals surface area contributed by atoms with Crippen LogP contribution in [0.2, 0.25) is 0 Å². The third-order valence-corrected chi connectivity index (χ3v) is 7.68. The van der Waals surface area contributed by atoms with Gasteiger partial charge in [0.15, 0.2) is 5.75 Å². The minimum atomic E-state index is -0.655. The predicted octanol–water partition coefficient (Wildman–Crippen LogP) is 7.18. The highest BCUT2D eigenvalue weighted by Gasteiger charge is 2.18. The van der Waals surface area contributed by atoms with Crippen molar-refractivity contribution < 1.29 is 19.1 Å². The maximum atomic E-state index is 13.3. The highest BCUT2D eigenvalue weighted by molar-refractivity contribution is 9.11. The maximum Gasteiger partial charge on any atom is 0.344 e. The standard InChI is InChI=1S/C32H25Br3N4O4/c1-39(2)24-14-12-20(13-15-24)16-28(37-30(40)21-8-4-3-5-9-21)31(41)38-36-19-22-17-23(33)18-27(35)29(22)43-32(42)25-10-6-7-11-26(25)34/h3-19H,1-2H3,(H,37,40)(H,38,41). The smallest absolute Gasteiger partial charge is 0.344 e. The highest BCUT2D eigenvalue weighted by Crippen LogP contribution is 2.33. The number of anilines is 1. The van der Waals surface area contributed by atoms with Gasteiger partial charge in [-0.15, -0.1) is 0 Å². The summed E-state index contributed by atoms with van der Waals surface area (Å²) in [6.07, 6.45) is 2.91. The summed E-state index contributed by atoms with van der Waals surface area (Å²) in [4.78, 5) is 41.0. The van der Waals surface area contributed by atoms with Gasteiger partial charge >= 0.3 is 5.97 Å². The van der Waals surface area contributed by atoms with Gasteiger partial charge in [-0.05, 0) is 92.0 Å². The summed E-state index contributed by atoms with van der Waals surface area (Å²) in [5, 5.41) is 6.78. The quantitative estimate of drug-likeness (QED) is 0.0619. The largest absolute Gasteiger partial charge is 0.421 e. The van der Waals surface area contributed by atoms with E-state index in [0.717, 1.165) is 5.69 Å². The van der Waals surface area contributed by atoms with Gasteiger partial charge < -0.3 is 15.0 Å². The van der Waals surface area contributed by atoms with Gasteiger partial charge in [0.05, 0.1) is 16.3 Å². The minimum Gasteiger partial charge on any atom is -0.421 e. The molecule has 0 aliphatic heterocycles. The monoisotopic (exact) mass is 766 g/mol. The number of hydrogen-bond donors (Lipinski definition) is 2. The molecule has 2 amide bonds. The van der Waals surface area contributed by atoms with Crippen LogP contribution in [-0.4, -0.2) is 38.1 Å². The normalized spacial score (nSPS) is 11.2. The molecular weight excluding hydrogens is 744 g/mol. The number of rotatable bonds is 9. The second-order valence-corrected chi connectivity index (χ2v) is 11.9. The predicted molar refractivity (Wildman–Crippen MR) is 179 cm³/mol. The van der Waals surface area contributed by atoms with Crippen LogP contribution < -0.4 is 20.4 Å². The van der Waals surface area contributed by atoms with Crippen molar-refractivity contribution in [3.05, 3.63) is 132 Å². The second-order valence-electron chi connectivity index (χ2n) is 9.24. The van der Waals surface area contributed by atoms with Crippen LogP contribution in [0.4, 0.5) is 5.69 Å². The van der Waals surface area contributed by atoms with Crippen LogP contribution in [0.3, 0.4) is 0 Å². The van der Waals surface area contributed by atoms with Crippen LogP contribution in [-0.2, 0) is 4.79 Å². The molecule has 0 spiro atoms. The molecule has 0 heterocycles. The number of nitrogens with zero attached hydrogens (tertiary/aromatic N) is 2. The molecule has 0 atom stereocenters. The molecule has 0 saturated carbocycles. The zero-order valence-corrected chi connectivity index (χ0v) is 27.7. The van der Waals surface area contributed by atoms with E-state index in [4.69, 9.17) is 4.74 Å². The summed E-state index contributed by atoms with van der Waals surface area (Å²) in [7, 11) is 3.86. The van der Waals surface area contributed by atoms with E-state index in [0.29, 0.717) is 35.7 Å². The minimum absolute atomic E-state index is 0.0143. The lowest BCUT2D eigenvalue weighted by Crippen LogP contribution is -2.32. The Bertz CT molecular complexity index is 1710. The van der Waals surface area contributed by atoms with Gasteiger partial charge in [0.2, 0.25) is 0 Å². The van der Waals surface area contributed by atoms with E-state index in [-0.39, 0.29) is 11.4 Å². The third-order valence-electron chi connectivity index (χ3n) is 5.94. The molecule has 4 rings (SSSR count). The zero-order valence-electron chi connectivity index (χ0n) is 23.0. The Labute approximate surface area is 274 Å². The molecule has 0 unspecified atom stereocenters. The van der Waals surface area contributed by atoms with Crippen LogP contribution >= 0.6 is 47.8 Å². The van der Waals surface area contributed by atoms with Crippen LogP contribution in [0.25, 0.3) is 6.08 Å². The van der Waals surface area contributed by atoms with Gasteiger partial charge in [-0.2, -0.15) is 5.10 Å². The average molecular weight is 769 g/mol. The first-order valence-electron chi connectivity index (χ1n) is 12.8. The fraction of sp³-hybridized carbons (Fsp3) is 0.0625. The van der Waals surface area contributed by atoms with Gasteiger partial charge in [-0.3, -0.25) is 9.59 Å². The Balaban J connectivity index is 1.58. The van der Waals surface area contributed by atoms with E-state index in [2.05, 4.69) is 63.6 Å². The molecule has 0 aromatic heterocycles. The summed E-state index contributed by atoms with van der Waals surface area (Å²) in [5.74, 6) is -1.48. The number of nitrogens with one attached hydrogen (secondary N) is 2. The van der Waals surface area contributed by atoms with Gasteiger partial charge in [0.25, 0.3) is 11.8 Å². The van der Waals surface area contributed by atoms with E-state index >= 15 is 0 Å². The SMILES string of the molecule is CN(C)c1ccc(C=C(NC(=O)c2ccccc2)C(=O)NN=Cc2cc(Br)cc(Br)c2OC(=O)c2ccccc2Br)cc1. The van der Waals surface area contributed by atoms with E-state index < -0.39 is 17.8 Å². The lowest BCUT2D eigenvalue weighted by atomic mass is 10.1. The van der Waals surface area contributed by atoms with Crippen LogP contribution in [0.15, 0.2) is 115 Å². The zero-order chi connectivity index (χ0) is 30.9. The van der Waals surface area contributed by atoms with Gasteiger partial charge in [0, 0.05) is 39.9 Å². The molecule has 2 N–H and O–H groups in total. The molecule has 11 heteroatoms. The molecule has 4 aromatic rings. The number of amides is 2. The summed E-state index contributed by atoms with van der Waals surface area (Å²) >= 11 is 10.2. The lowest BCUT2D eigenvalue weighted by molar-refractivity contribution is -0.117. The summed E-state index contributed by atoms with van der Waals surface area (Å²) in [6, 6.07) is 26.4. The molecule has 0 fully saturated rings. The highest BCUT2D eigenvalue weighted by atomic mass is 79.9. The van der Waals surface area contributed by atoms with Crippen LogP contribution in [0.5, 0.6) is 5.75 Å². The van der Waals surface area contributed by atoms with Crippen molar-refractivity contribution in [2.75, 3.05) is 19.0 Å². The number of esters is 1. The van der Waals surface area contributed by atoms with E-state index in [9.17, 15) is 14.4 Å². The average Bonchev–Trinajstić information content (AvgIpc) is 2.99. The first kappa shape index (κ1) is 31.9. The molecule has 43 heavy (non-hydrogen) atoms. The summed E-state index contributed by atoms with van der Waals surface area (Å²) in [6.45, 7) is 0. The Morgan fingerprint density at radius 1 is 0.837 bits per heavy atom. The maximum absolute atomic E-state index is 13.3. The lowest BCUT2D eigenvalue weighted by Gasteiger charge is -2.13. The van der Waals surface area contributed by atoms with Gasteiger partial charge in [-0.1, -0.05) is 58.4 Å². The molecule has 4 aromatic carbocycles. The Kier molecular flexibility index (Phi) is 11.0. The number of carbonyl (C=O) groups excluding carboxylic acids is 3. The van der Waals surface area contributed by atoms with Crippen molar-refractivity contribution in [2.24, 2.45) is 5.10 Å². The van der Waals surface area contributed by atoms with E-state index in [1.807, 2.05) is 43.3 Å². The number of hydrogen-bond acceptors (Lipinski definition) is 6. The summed E-state index contributed by atoms with van der Waals surface area (Å²) < 4.78 is 7.46. The first-order valence-corrected chi connectivity index (χ1v) is 15.1. The number of carbonyl (C=O) groups is 3. The van der Waals surface area contributed by atoms with Crippen molar-refractivity contribution >= 4 is 83.6 Å². The van der Waals surface area contributed by atoms with Crippen LogP contribution in [0.1, 0.15) is 31.8 Å². The van der Waals surface area contributed by atoms with Gasteiger partial charge in [-0.25, -0.2) is 10.2 Å². The first-order chi connectivity index (χ1) is 20.6. The third kappa shape index (κ3) is 8.73. The van der Waals surface area contributed by atoms with E-state index in [1.165, 1.54) is 6.21 Å². The topological polar surface area (TPSA) is 100 Å². The molecule has 0 radical (unpaired) electrons. The molecular formula is C32H25Br3N4O4. The van der Waals surface area contributed by atoms with Crippen molar-refractivity contribution in [1.29, 1.82) is 0 Å². The van der Waals surface area contributed by atoms with Crippen molar-refractivity contribution in [1.82, 2.24) is 10.7 Å². The molecule has 0 saturated heterocycles.